The molecule has 1 atom stereocenters. The second kappa shape index (κ2) is 5.50. The van der Waals surface area contributed by atoms with Crippen molar-refractivity contribution in [2.24, 2.45) is 5.92 Å². The van der Waals surface area contributed by atoms with E-state index in [1.54, 1.807) is 7.05 Å². The summed E-state index contributed by atoms with van der Waals surface area (Å²) in [6.45, 7) is 0. The first kappa shape index (κ1) is 14.7. The lowest BCUT2D eigenvalue weighted by Gasteiger charge is -2.33. The summed E-state index contributed by atoms with van der Waals surface area (Å²) in [5.74, 6) is -2.69. The van der Waals surface area contributed by atoms with E-state index in [9.17, 15) is 22.0 Å². The van der Waals surface area contributed by atoms with Gasteiger partial charge in [0.1, 0.15) is 0 Å². The molecule has 1 aliphatic carbocycles. The summed E-state index contributed by atoms with van der Waals surface area (Å²) in [7, 11) is 1.59. The fraction of sp³-hybridized carbons (Fsp3) is 1.00. The fourth-order valence-corrected chi connectivity index (χ4v) is 2.40. The zero-order valence-electron chi connectivity index (χ0n) is 9.79. The largest absolute Gasteiger partial charge is 0.389 e. The van der Waals surface area contributed by atoms with Crippen molar-refractivity contribution in [2.75, 3.05) is 7.05 Å². The number of hydrogen-bond donors (Lipinski definition) is 1. The third-order valence-electron chi connectivity index (χ3n) is 3.44. The van der Waals surface area contributed by atoms with Gasteiger partial charge in [-0.05, 0) is 32.2 Å². The van der Waals surface area contributed by atoms with Gasteiger partial charge in [0.15, 0.2) is 0 Å². The summed E-state index contributed by atoms with van der Waals surface area (Å²) in [6.07, 6.45) is -4.87. The van der Waals surface area contributed by atoms with E-state index in [0.29, 0.717) is 12.8 Å². The van der Waals surface area contributed by atoms with Crippen LogP contribution in [0.2, 0.25) is 0 Å². The molecule has 1 aliphatic rings. The average molecular weight is 259 g/mol. The lowest BCUT2D eigenvalue weighted by atomic mass is 9.80. The van der Waals surface area contributed by atoms with Gasteiger partial charge in [-0.25, -0.2) is 8.78 Å². The van der Waals surface area contributed by atoms with E-state index in [1.165, 1.54) is 0 Å². The van der Waals surface area contributed by atoms with Crippen LogP contribution < -0.4 is 5.32 Å². The maximum atomic E-state index is 12.9. The maximum absolute atomic E-state index is 12.9. The van der Waals surface area contributed by atoms with Crippen molar-refractivity contribution in [2.45, 2.75) is 56.7 Å². The van der Waals surface area contributed by atoms with Crippen molar-refractivity contribution in [3.63, 3.8) is 0 Å². The molecular weight excluding hydrogens is 241 g/mol. The third kappa shape index (κ3) is 5.19. The molecular formula is C11H18F5N. The molecule has 0 radical (unpaired) electrons. The summed E-state index contributed by atoms with van der Waals surface area (Å²) in [4.78, 5) is 0. The van der Waals surface area contributed by atoms with Gasteiger partial charge in [0.05, 0.1) is 0 Å². The smallest absolute Gasteiger partial charge is 0.317 e. The Kier molecular flexibility index (Phi) is 4.75. The molecule has 0 aromatic carbocycles. The maximum Gasteiger partial charge on any atom is 0.389 e. The topological polar surface area (TPSA) is 12.0 Å². The van der Waals surface area contributed by atoms with Crippen LogP contribution in [0.5, 0.6) is 0 Å². The normalized spacial score (nSPS) is 23.6. The molecule has 0 saturated heterocycles. The van der Waals surface area contributed by atoms with Crippen LogP contribution in [0.4, 0.5) is 22.0 Å². The summed E-state index contributed by atoms with van der Waals surface area (Å²) in [6, 6.07) is -0.312. The van der Waals surface area contributed by atoms with E-state index in [-0.39, 0.29) is 31.2 Å². The Morgan fingerprint density at radius 1 is 1.24 bits per heavy atom. The van der Waals surface area contributed by atoms with E-state index in [2.05, 4.69) is 5.32 Å². The van der Waals surface area contributed by atoms with Gasteiger partial charge in [-0.2, -0.15) is 13.2 Å². The highest BCUT2D eigenvalue weighted by molar-refractivity contribution is 4.84. The van der Waals surface area contributed by atoms with Gasteiger partial charge in [-0.15, -0.1) is 0 Å². The standard InChI is InChI=1S/C11H18F5N/c1-17-9(4-7-11(14,15)16)8-2-5-10(12,13)6-3-8/h8-9,17H,2-7H2,1H3. The van der Waals surface area contributed by atoms with Crippen LogP contribution in [-0.4, -0.2) is 25.2 Å². The molecule has 1 rings (SSSR count). The Balaban J connectivity index is 2.41. The van der Waals surface area contributed by atoms with Gasteiger partial charge < -0.3 is 5.32 Å². The van der Waals surface area contributed by atoms with Gasteiger partial charge in [0, 0.05) is 25.3 Å². The van der Waals surface area contributed by atoms with Crippen LogP contribution in [0, 0.1) is 5.92 Å². The quantitative estimate of drug-likeness (QED) is 0.758. The van der Waals surface area contributed by atoms with E-state index < -0.39 is 18.5 Å². The molecule has 0 aromatic heterocycles. The zero-order valence-corrected chi connectivity index (χ0v) is 9.79. The first-order chi connectivity index (χ1) is 7.73. The van der Waals surface area contributed by atoms with E-state index >= 15 is 0 Å². The fourth-order valence-electron chi connectivity index (χ4n) is 2.40. The monoisotopic (exact) mass is 259 g/mol. The SMILES string of the molecule is CNC(CCC(F)(F)F)C1CCC(F)(F)CC1. The van der Waals surface area contributed by atoms with Gasteiger partial charge in [0.25, 0.3) is 0 Å². The molecule has 0 spiro atoms. The molecule has 0 heterocycles. The van der Waals surface area contributed by atoms with Crippen LogP contribution in [0.25, 0.3) is 0 Å². The van der Waals surface area contributed by atoms with Crippen molar-refractivity contribution in [3.8, 4) is 0 Å². The summed E-state index contributed by atoms with van der Waals surface area (Å²) in [5.41, 5.74) is 0. The molecule has 1 nitrogen and oxygen atoms in total. The predicted octanol–water partition coefficient (Wildman–Crippen LogP) is 3.74. The molecule has 1 fully saturated rings. The molecule has 17 heavy (non-hydrogen) atoms. The third-order valence-corrected chi connectivity index (χ3v) is 3.44. The van der Waals surface area contributed by atoms with E-state index in [1.807, 2.05) is 0 Å². The number of nitrogens with one attached hydrogen (secondary N) is 1. The predicted molar refractivity (Wildman–Crippen MR) is 55.0 cm³/mol. The molecule has 102 valence electrons. The second-order valence-electron chi connectivity index (χ2n) is 4.74. The lowest BCUT2D eigenvalue weighted by molar-refractivity contribution is -0.138. The Hall–Kier alpha value is -0.390. The van der Waals surface area contributed by atoms with Crippen molar-refractivity contribution < 1.29 is 22.0 Å². The highest BCUT2D eigenvalue weighted by Crippen LogP contribution is 2.38. The molecule has 1 unspecified atom stereocenters. The number of hydrogen-bond acceptors (Lipinski definition) is 1. The van der Waals surface area contributed by atoms with Crippen molar-refractivity contribution in [1.82, 2.24) is 5.32 Å². The van der Waals surface area contributed by atoms with Crippen LogP contribution in [0.1, 0.15) is 38.5 Å². The van der Waals surface area contributed by atoms with Crippen molar-refractivity contribution >= 4 is 0 Å². The minimum absolute atomic E-state index is 0.0315. The number of halogens is 5. The average Bonchev–Trinajstić information content (AvgIpc) is 2.19. The zero-order chi connectivity index (χ0) is 13.1. The van der Waals surface area contributed by atoms with Gasteiger partial charge in [0.2, 0.25) is 5.92 Å². The van der Waals surface area contributed by atoms with E-state index in [4.69, 9.17) is 0 Å². The first-order valence-electron chi connectivity index (χ1n) is 5.85. The highest BCUT2D eigenvalue weighted by atomic mass is 19.4. The van der Waals surface area contributed by atoms with Crippen molar-refractivity contribution in [1.29, 1.82) is 0 Å². The minimum Gasteiger partial charge on any atom is -0.317 e. The Morgan fingerprint density at radius 3 is 2.18 bits per heavy atom. The molecule has 1 saturated carbocycles. The van der Waals surface area contributed by atoms with Crippen LogP contribution in [0.3, 0.4) is 0 Å². The van der Waals surface area contributed by atoms with Crippen LogP contribution >= 0.6 is 0 Å². The first-order valence-corrected chi connectivity index (χ1v) is 5.85. The second-order valence-corrected chi connectivity index (χ2v) is 4.74. The minimum atomic E-state index is -4.17. The summed E-state index contributed by atoms with van der Waals surface area (Å²) >= 11 is 0. The van der Waals surface area contributed by atoms with Gasteiger partial charge in [-0.3, -0.25) is 0 Å². The summed E-state index contributed by atoms with van der Waals surface area (Å²) < 4.78 is 62.1. The molecule has 0 aliphatic heterocycles. The molecule has 1 N–H and O–H groups in total. The van der Waals surface area contributed by atoms with Crippen LogP contribution in [-0.2, 0) is 0 Å². The number of alkyl halides is 5. The van der Waals surface area contributed by atoms with Gasteiger partial charge >= 0.3 is 6.18 Å². The van der Waals surface area contributed by atoms with Crippen LogP contribution in [0.15, 0.2) is 0 Å². The molecule has 6 heteroatoms. The number of rotatable bonds is 4. The highest BCUT2D eigenvalue weighted by Gasteiger charge is 2.38. The Morgan fingerprint density at radius 2 is 1.76 bits per heavy atom. The van der Waals surface area contributed by atoms with Gasteiger partial charge in [-0.1, -0.05) is 0 Å². The lowest BCUT2D eigenvalue weighted by Crippen LogP contribution is -2.39. The Bertz CT molecular complexity index is 229. The summed E-state index contributed by atoms with van der Waals surface area (Å²) in [5, 5.41) is 2.83. The van der Waals surface area contributed by atoms with Crippen molar-refractivity contribution in [3.05, 3.63) is 0 Å². The Labute approximate surface area is 97.8 Å². The van der Waals surface area contributed by atoms with E-state index in [0.717, 1.165) is 0 Å². The molecule has 0 aromatic rings. The molecule has 0 bridgehead atoms. The molecule has 0 amide bonds.